The van der Waals surface area contributed by atoms with Crippen LogP contribution >= 0.6 is 0 Å². The van der Waals surface area contributed by atoms with E-state index < -0.39 is 0 Å². The smallest absolute Gasteiger partial charge is 0.236 e. The molecule has 2 fully saturated rings. The third-order valence-electron chi connectivity index (χ3n) is 4.15. The number of nitrogens with two attached hydrogens (primary N) is 1. The Bertz CT molecular complexity index is 249. The van der Waals surface area contributed by atoms with Crippen molar-refractivity contribution in [2.24, 2.45) is 11.7 Å². The summed E-state index contributed by atoms with van der Waals surface area (Å²) in [6.07, 6.45) is 8.15. The highest BCUT2D eigenvalue weighted by Crippen LogP contribution is 2.24. The third kappa shape index (κ3) is 3.68. The summed E-state index contributed by atoms with van der Waals surface area (Å²) in [5, 5.41) is 3.25. The molecule has 2 aliphatic rings. The van der Waals surface area contributed by atoms with Crippen molar-refractivity contribution in [2.75, 3.05) is 26.2 Å². The van der Waals surface area contributed by atoms with Crippen LogP contribution in [0.5, 0.6) is 0 Å². The van der Waals surface area contributed by atoms with Crippen LogP contribution in [0.3, 0.4) is 0 Å². The molecule has 98 valence electrons. The minimum atomic E-state index is -0.175. The number of rotatable bonds is 3. The largest absolute Gasteiger partial charge is 0.368 e. The van der Waals surface area contributed by atoms with Crippen molar-refractivity contribution in [1.29, 1.82) is 0 Å². The van der Waals surface area contributed by atoms with Gasteiger partial charge in [-0.3, -0.25) is 9.69 Å². The maximum absolute atomic E-state index is 11.4. The predicted octanol–water partition coefficient (Wildman–Crippen LogP) is 0.716. The van der Waals surface area contributed by atoms with Crippen molar-refractivity contribution in [2.45, 2.75) is 44.6 Å². The number of amides is 1. The second-order valence-corrected chi connectivity index (χ2v) is 5.47. The van der Waals surface area contributed by atoms with E-state index in [1.54, 1.807) is 0 Å². The number of primary amides is 1. The number of nitrogens with one attached hydrogen (secondary N) is 1. The van der Waals surface area contributed by atoms with Gasteiger partial charge in [0.05, 0.1) is 0 Å². The van der Waals surface area contributed by atoms with Crippen LogP contribution in [0.25, 0.3) is 0 Å². The van der Waals surface area contributed by atoms with Crippen molar-refractivity contribution >= 4 is 5.91 Å². The lowest BCUT2D eigenvalue weighted by molar-refractivity contribution is -0.124. The van der Waals surface area contributed by atoms with E-state index in [0.717, 1.165) is 32.1 Å². The van der Waals surface area contributed by atoms with E-state index in [4.69, 9.17) is 5.73 Å². The molecule has 0 aromatic carbocycles. The molecule has 0 aromatic heterocycles. The first-order chi connectivity index (χ1) is 8.27. The fourth-order valence-corrected chi connectivity index (χ4v) is 3.12. The van der Waals surface area contributed by atoms with E-state index in [1.807, 2.05) is 0 Å². The molecular formula is C13H25N3O. The van der Waals surface area contributed by atoms with Gasteiger partial charge in [-0.15, -0.1) is 0 Å². The van der Waals surface area contributed by atoms with Gasteiger partial charge in [0.25, 0.3) is 0 Å². The summed E-state index contributed by atoms with van der Waals surface area (Å²) in [5.41, 5.74) is 5.47. The molecular weight excluding hydrogens is 214 g/mol. The van der Waals surface area contributed by atoms with Crippen LogP contribution in [0.15, 0.2) is 0 Å². The van der Waals surface area contributed by atoms with Crippen molar-refractivity contribution in [3.05, 3.63) is 0 Å². The first-order valence-electron chi connectivity index (χ1n) is 7.01. The summed E-state index contributed by atoms with van der Waals surface area (Å²) in [6, 6.07) is -0.0907. The number of hydrogen-bond acceptors (Lipinski definition) is 3. The zero-order chi connectivity index (χ0) is 12.1. The Morgan fingerprint density at radius 1 is 1.24 bits per heavy atom. The van der Waals surface area contributed by atoms with Gasteiger partial charge in [0, 0.05) is 26.2 Å². The zero-order valence-corrected chi connectivity index (χ0v) is 10.7. The molecule has 17 heavy (non-hydrogen) atoms. The number of hydrogen-bond donors (Lipinski definition) is 2. The summed E-state index contributed by atoms with van der Waals surface area (Å²) in [5.74, 6) is 0.600. The molecule has 1 saturated carbocycles. The molecule has 2 rings (SSSR count). The Hall–Kier alpha value is -0.610. The molecule has 0 spiro atoms. The van der Waals surface area contributed by atoms with Crippen molar-refractivity contribution in [3.8, 4) is 0 Å². The van der Waals surface area contributed by atoms with Crippen LogP contribution in [0.1, 0.15) is 38.5 Å². The lowest BCUT2D eigenvalue weighted by atomic mass is 9.98. The van der Waals surface area contributed by atoms with E-state index in [9.17, 15) is 4.79 Å². The van der Waals surface area contributed by atoms with Crippen molar-refractivity contribution < 1.29 is 4.79 Å². The van der Waals surface area contributed by atoms with Gasteiger partial charge in [-0.2, -0.15) is 0 Å². The summed E-state index contributed by atoms with van der Waals surface area (Å²) < 4.78 is 0. The first kappa shape index (κ1) is 12.8. The monoisotopic (exact) mass is 239 g/mol. The fourth-order valence-electron chi connectivity index (χ4n) is 3.12. The van der Waals surface area contributed by atoms with Crippen molar-refractivity contribution in [3.63, 3.8) is 0 Å². The number of piperazine rings is 1. The second-order valence-electron chi connectivity index (χ2n) is 5.47. The Labute approximate surface area is 104 Å². The maximum atomic E-state index is 11.4. The number of nitrogens with zero attached hydrogens (tertiary/aromatic N) is 1. The second kappa shape index (κ2) is 6.36. The molecule has 3 N–H and O–H groups in total. The van der Waals surface area contributed by atoms with Gasteiger partial charge in [-0.25, -0.2) is 0 Å². The predicted molar refractivity (Wildman–Crippen MR) is 68.6 cm³/mol. The van der Waals surface area contributed by atoms with E-state index in [0.29, 0.717) is 0 Å². The quantitative estimate of drug-likeness (QED) is 0.713. The van der Waals surface area contributed by atoms with E-state index in [2.05, 4.69) is 10.2 Å². The minimum absolute atomic E-state index is 0.0907. The van der Waals surface area contributed by atoms with E-state index in [-0.39, 0.29) is 11.9 Å². The zero-order valence-electron chi connectivity index (χ0n) is 10.7. The van der Waals surface area contributed by atoms with Gasteiger partial charge >= 0.3 is 0 Å². The molecule has 0 bridgehead atoms. The van der Waals surface area contributed by atoms with Crippen LogP contribution in [-0.4, -0.2) is 43.0 Å². The minimum Gasteiger partial charge on any atom is -0.368 e. The van der Waals surface area contributed by atoms with Gasteiger partial charge in [0.2, 0.25) is 5.91 Å². The summed E-state index contributed by atoms with van der Waals surface area (Å²) >= 11 is 0. The molecule has 4 nitrogen and oxygen atoms in total. The van der Waals surface area contributed by atoms with Crippen LogP contribution < -0.4 is 11.1 Å². The summed E-state index contributed by atoms with van der Waals surface area (Å²) in [7, 11) is 0. The normalized spacial score (nSPS) is 28.8. The molecule has 1 heterocycles. The highest BCUT2D eigenvalue weighted by Gasteiger charge is 2.28. The van der Waals surface area contributed by atoms with Gasteiger partial charge < -0.3 is 11.1 Å². The first-order valence-corrected chi connectivity index (χ1v) is 7.01. The van der Waals surface area contributed by atoms with Gasteiger partial charge in [0.15, 0.2) is 0 Å². The highest BCUT2D eigenvalue weighted by atomic mass is 16.1. The van der Waals surface area contributed by atoms with Gasteiger partial charge in [0.1, 0.15) is 6.04 Å². The molecule has 1 aliphatic heterocycles. The maximum Gasteiger partial charge on any atom is 0.236 e. The van der Waals surface area contributed by atoms with Crippen LogP contribution in [0, 0.1) is 5.92 Å². The lowest BCUT2D eigenvalue weighted by Crippen LogP contribution is -2.57. The molecule has 0 radical (unpaired) electrons. The van der Waals surface area contributed by atoms with Crippen LogP contribution in [0.4, 0.5) is 0 Å². The number of carbonyl (C=O) groups excluding carboxylic acids is 1. The Morgan fingerprint density at radius 3 is 2.59 bits per heavy atom. The molecule has 1 saturated heterocycles. The summed E-state index contributed by atoms with van der Waals surface area (Å²) in [6.45, 7) is 3.73. The lowest BCUT2D eigenvalue weighted by Gasteiger charge is -2.36. The van der Waals surface area contributed by atoms with E-state index >= 15 is 0 Å². The highest BCUT2D eigenvalue weighted by molar-refractivity contribution is 5.80. The molecule has 1 amide bonds. The Morgan fingerprint density at radius 2 is 1.94 bits per heavy atom. The molecule has 0 aromatic rings. The topological polar surface area (TPSA) is 58.4 Å². The van der Waals surface area contributed by atoms with Crippen molar-refractivity contribution in [1.82, 2.24) is 10.2 Å². The van der Waals surface area contributed by atoms with Crippen LogP contribution in [0.2, 0.25) is 0 Å². The van der Waals surface area contributed by atoms with Gasteiger partial charge in [-0.1, -0.05) is 25.7 Å². The van der Waals surface area contributed by atoms with Crippen LogP contribution in [-0.2, 0) is 4.79 Å². The molecule has 1 aliphatic carbocycles. The average Bonchev–Trinajstić information content (AvgIpc) is 2.58. The summed E-state index contributed by atoms with van der Waals surface area (Å²) in [4.78, 5) is 13.7. The SMILES string of the molecule is NC(=O)C1CNCCN1CC1CCCCCC1. The Balaban J connectivity index is 1.88. The van der Waals surface area contributed by atoms with Gasteiger partial charge in [-0.05, 0) is 18.8 Å². The Kier molecular flexibility index (Phi) is 4.80. The molecule has 4 heteroatoms. The molecule has 1 unspecified atom stereocenters. The average molecular weight is 239 g/mol. The third-order valence-corrected chi connectivity index (χ3v) is 4.15. The van der Waals surface area contributed by atoms with E-state index in [1.165, 1.54) is 38.5 Å². The standard InChI is InChI=1S/C13H25N3O/c14-13(17)12-9-15-7-8-16(12)10-11-5-3-1-2-4-6-11/h11-12,15H,1-10H2,(H2,14,17). The molecule has 1 atom stereocenters. The number of carbonyl (C=O) groups is 1. The fraction of sp³-hybridized carbons (Fsp3) is 0.923.